The SMILES string of the molecule is Cc1cc(N2CCCC2)ccc1NC(=O)COC(=O)c1cc2cc(Cl)ccc2nc1C. The fourth-order valence-corrected chi connectivity index (χ4v) is 3.99. The highest BCUT2D eigenvalue weighted by atomic mass is 35.5. The van der Waals surface area contributed by atoms with Crippen molar-refractivity contribution in [2.45, 2.75) is 26.7 Å². The van der Waals surface area contributed by atoms with Crippen molar-refractivity contribution in [1.29, 1.82) is 0 Å². The van der Waals surface area contributed by atoms with Crippen LogP contribution in [0, 0.1) is 13.8 Å². The molecule has 2 aromatic carbocycles. The smallest absolute Gasteiger partial charge is 0.340 e. The molecule has 1 saturated heterocycles. The summed E-state index contributed by atoms with van der Waals surface area (Å²) in [6.07, 6.45) is 2.42. The number of nitrogens with one attached hydrogen (secondary N) is 1. The highest BCUT2D eigenvalue weighted by molar-refractivity contribution is 6.31. The lowest BCUT2D eigenvalue weighted by Crippen LogP contribution is -2.22. The number of carbonyl (C=O) groups is 2. The van der Waals surface area contributed by atoms with Gasteiger partial charge in [0.1, 0.15) is 0 Å². The van der Waals surface area contributed by atoms with Crippen molar-refractivity contribution in [3.05, 3.63) is 64.3 Å². The first-order valence-corrected chi connectivity index (χ1v) is 10.7. The zero-order valence-corrected chi connectivity index (χ0v) is 18.3. The summed E-state index contributed by atoms with van der Waals surface area (Å²) in [6.45, 7) is 5.44. The Bertz CT molecular complexity index is 1160. The minimum absolute atomic E-state index is 0.314. The number of amides is 1. The van der Waals surface area contributed by atoms with Crippen LogP contribution in [-0.4, -0.2) is 36.6 Å². The number of pyridine rings is 1. The molecule has 1 fully saturated rings. The average Bonchev–Trinajstić information content (AvgIpc) is 3.28. The Morgan fingerprint density at radius 3 is 2.61 bits per heavy atom. The van der Waals surface area contributed by atoms with Crippen LogP contribution < -0.4 is 10.2 Å². The molecule has 4 rings (SSSR count). The standard InChI is InChI=1S/C24H24ClN3O3/c1-15-11-19(28-9-3-4-10-28)6-8-21(15)27-23(29)14-31-24(30)20-13-17-12-18(25)5-7-22(17)26-16(20)2/h5-8,11-13H,3-4,9-10,14H2,1-2H3,(H,27,29). The fourth-order valence-electron chi connectivity index (χ4n) is 3.81. The normalized spacial score (nSPS) is 13.5. The number of ether oxygens (including phenoxy) is 1. The second-order valence-corrected chi connectivity index (χ2v) is 8.21. The number of benzene rings is 2. The van der Waals surface area contributed by atoms with Crippen molar-refractivity contribution in [3.8, 4) is 0 Å². The Labute approximate surface area is 186 Å². The number of hydrogen-bond acceptors (Lipinski definition) is 5. The van der Waals surface area contributed by atoms with Gasteiger partial charge in [-0.15, -0.1) is 0 Å². The number of aryl methyl sites for hydroxylation is 2. The number of anilines is 2. The van der Waals surface area contributed by atoms with Crippen molar-refractivity contribution in [2.75, 3.05) is 29.9 Å². The van der Waals surface area contributed by atoms with E-state index in [0.717, 1.165) is 29.6 Å². The van der Waals surface area contributed by atoms with Crippen LogP contribution in [-0.2, 0) is 9.53 Å². The van der Waals surface area contributed by atoms with Gasteiger partial charge in [-0.1, -0.05) is 11.6 Å². The van der Waals surface area contributed by atoms with E-state index in [1.54, 1.807) is 31.2 Å². The predicted molar refractivity (Wildman–Crippen MR) is 123 cm³/mol. The van der Waals surface area contributed by atoms with Crippen molar-refractivity contribution >= 4 is 45.8 Å². The van der Waals surface area contributed by atoms with Crippen LogP contribution >= 0.6 is 11.6 Å². The summed E-state index contributed by atoms with van der Waals surface area (Å²) in [6, 6.07) is 12.9. The molecule has 0 atom stereocenters. The fraction of sp³-hybridized carbons (Fsp3) is 0.292. The maximum Gasteiger partial charge on any atom is 0.340 e. The molecule has 160 valence electrons. The number of halogens is 1. The van der Waals surface area contributed by atoms with Gasteiger partial charge in [0.25, 0.3) is 5.91 Å². The summed E-state index contributed by atoms with van der Waals surface area (Å²) in [5, 5.41) is 4.12. The minimum atomic E-state index is -0.594. The molecule has 0 bridgehead atoms. The molecule has 7 heteroatoms. The summed E-state index contributed by atoms with van der Waals surface area (Å²) in [5.74, 6) is -0.983. The Hall–Kier alpha value is -3.12. The predicted octanol–water partition coefficient (Wildman–Crippen LogP) is 4.90. The number of hydrogen-bond donors (Lipinski definition) is 1. The number of nitrogens with zero attached hydrogens (tertiary/aromatic N) is 2. The van der Waals surface area contributed by atoms with Gasteiger partial charge in [-0.2, -0.15) is 0 Å². The molecule has 0 unspecified atom stereocenters. The third kappa shape index (κ3) is 4.80. The number of carbonyl (C=O) groups excluding carboxylic acids is 2. The third-order valence-electron chi connectivity index (χ3n) is 5.48. The van der Waals surface area contributed by atoms with E-state index in [4.69, 9.17) is 16.3 Å². The molecule has 2 heterocycles. The van der Waals surface area contributed by atoms with Gasteiger partial charge in [0.2, 0.25) is 0 Å². The number of esters is 1. The quantitative estimate of drug-likeness (QED) is 0.575. The molecule has 1 amide bonds. The topological polar surface area (TPSA) is 71.5 Å². The van der Waals surface area contributed by atoms with Gasteiger partial charge in [0, 0.05) is 34.9 Å². The van der Waals surface area contributed by atoms with Gasteiger partial charge in [0.15, 0.2) is 6.61 Å². The van der Waals surface area contributed by atoms with Crippen LogP contribution in [0.2, 0.25) is 5.02 Å². The molecule has 1 aromatic heterocycles. The summed E-state index contributed by atoms with van der Waals surface area (Å²) >= 11 is 6.03. The summed E-state index contributed by atoms with van der Waals surface area (Å²) < 4.78 is 5.23. The van der Waals surface area contributed by atoms with Crippen LogP contribution in [0.3, 0.4) is 0 Å². The first kappa shape index (κ1) is 21.1. The van der Waals surface area contributed by atoms with Crippen LogP contribution in [0.25, 0.3) is 10.9 Å². The van der Waals surface area contributed by atoms with Crippen molar-refractivity contribution in [3.63, 3.8) is 0 Å². The molecule has 0 spiro atoms. The molecule has 3 aromatic rings. The van der Waals surface area contributed by atoms with E-state index >= 15 is 0 Å². The molecule has 31 heavy (non-hydrogen) atoms. The Kier molecular flexibility index (Phi) is 6.09. The second kappa shape index (κ2) is 8.94. The molecule has 6 nitrogen and oxygen atoms in total. The average molecular weight is 438 g/mol. The third-order valence-corrected chi connectivity index (χ3v) is 5.71. The molecular formula is C24H24ClN3O3. The first-order chi connectivity index (χ1) is 14.9. The minimum Gasteiger partial charge on any atom is -0.452 e. The van der Waals surface area contributed by atoms with Gasteiger partial charge < -0.3 is 15.0 Å². The van der Waals surface area contributed by atoms with Crippen LogP contribution in [0.4, 0.5) is 11.4 Å². The van der Waals surface area contributed by atoms with E-state index < -0.39 is 5.97 Å². The van der Waals surface area contributed by atoms with Gasteiger partial charge >= 0.3 is 5.97 Å². The first-order valence-electron chi connectivity index (χ1n) is 10.3. The van der Waals surface area contributed by atoms with Crippen molar-refractivity contribution in [2.24, 2.45) is 0 Å². The molecule has 0 radical (unpaired) electrons. The molecule has 1 N–H and O–H groups in total. The van der Waals surface area contributed by atoms with Gasteiger partial charge in [-0.3, -0.25) is 9.78 Å². The number of rotatable bonds is 5. The lowest BCUT2D eigenvalue weighted by Gasteiger charge is -2.19. The summed E-state index contributed by atoms with van der Waals surface area (Å²) in [4.78, 5) is 31.6. The summed E-state index contributed by atoms with van der Waals surface area (Å²) in [5.41, 5.74) is 4.43. The van der Waals surface area contributed by atoms with E-state index in [0.29, 0.717) is 22.0 Å². The zero-order valence-electron chi connectivity index (χ0n) is 17.6. The van der Waals surface area contributed by atoms with Crippen LogP contribution in [0.5, 0.6) is 0 Å². The summed E-state index contributed by atoms with van der Waals surface area (Å²) in [7, 11) is 0. The molecule has 0 aliphatic carbocycles. The van der Waals surface area contributed by atoms with E-state index in [1.807, 2.05) is 19.1 Å². The number of aromatic nitrogens is 1. The van der Waals surface area contributed by atoms with Crippen molar-refractivity contribution < 1.29 is 14.3 Å². The van der Waals surface area contributed by atoms with Gasteiger partial charge in [0.05, 0.1) is 16.8 Å². The van der Waals surface area contributed by atoms with Crippen LogP contribution in [0.1, 0.15) is 34.5 Å². The number of fused-ring (bicyclic) bond motifs is 1. The highest BCUT2D eigenvalue weighted by Crippen LogP contribution is 2.26. The van der Waals surface area contributed by atoms with Gasteiger partial charge in [-0.25, -0.2) is 4.79 Å². The van der Waals surface area contributed by atoms with E-state index in [2.05, 4.69) is 21.3 Å². The lowest BCUT2D eigenvalue weighted by atomic mass is 10.1. The van der Waals surface area contributed by atoms with Gasteiger partial charge in [-0.05, 0) is 74.7 Å². The Morgan fingerprint density at radius 1 is 1.10 bits per heavy atom. The molecular weight excluding hydrogens is 414 g/mol. The monoisotopic (exact) mass is 437 g/mol. The maximum atomic E-state index is 12.5. The van der Waals surface area contributed by atoms with Crippen LogP contribution in [0.15, 0.2) is 42.5 Å². The Morgan fingerprint density at radius 2 is 1.87 bits per heavy atom. The van der Waals surface area contributed by atoms with E-state index in [-0.39, 0.29) is 12.5 Å². The van der Waals surface area contributed by atoms with E-state index in [9.17, 15) is 9.59 Å². The highest BCUT2D eigenvalue weighted by Gasteiger charge is 2.17. The lowest BCUT2D eigenvalue weighted by molar-refractivity contribution is -0.119. The maximum absolute atomic E-state index is 12.5. The molecule has 1 aliphatic rings. The molecule has 1 aliphatic heterocycles. The largest absolute Gasteiger partial charge is 0.452 e. The second-order valence-electron chi connectivity index (χ2n) is 7.78. The molecule has 0 saturated carbocycles. The van der Waals surface area contributed by atoms with Crippen molar-refractivity contribution in [1.82, 2.24) is 4.98 Å². The van der Waals surface area contributed by atoms with E-state index in [1.165, 1.54) is 18.5 Å². The Balaban J connectivity index is 1.39. The zero-order chi connectivity index (χ0) is 22.0.